The van der Waals surface area contributed by atoms with Crippen LogP contribution < -0.4 is 19.5 Å². The summed E-state index contributed by atoms with van der Waals surface area (Å²) in [6, 6.07) is 10.0. The molecule has 0 aliphatic carbocycles. The second-order valence-electron chi connectivity index (χ2n) is 4.75. The van der Waals surface area contributed by atoms with Crippen LogP contribution in [0.25, 0.3) is 0 Å². The Balaban J connectivity index is 1.67. The number of carbonyl (C=O) groups is 1. The maximum absolute atomic E-state index is 12.1. The van der Waals surface area contributed by atoms with Crippen LogP contribution in [0.3, 0.4) is 0 Å². The van der Waals surface area contributed by atoms with Gasteiger partial charge in [0.2, 0.25) is 6.79 Å². The van der Waals surface area contributed by atoms with Crippen molar-refractivity contribution in [1.29, 1.82) is 0 Å². The van der Waals surface area contributed by atoms with Crippen LogP contribution in [0.4, 0.5) is 0 Å². The quantitative estimate of drug-likeness (QED) is 0.904. The number of hydrogen-bond acceptors (Lipinski definition) is 5. The van der Waals surface area contributed by atoms with Crippen molar-refractivity contribution in [2.45, 2.75) is 6.54 Å². The molecule has 1 heterocycles. The smallest absolute Gasteiger partial charge is 0.255 e. The van der Waals surface area contributed by atoms with Gasteiger partial charge in [0.1, 0.15) is 11.5 Å². The van der Waals surface area contributed by atoms with Crippen molar-refractivity contribution in [3.8, 4) is 23.0 Å². The fourth-order valence-corrected chi connectivity index (χ4v) is 2.16. The summed E-state index contributed by atoms with van der Waals surface area (Å²) in [5.41, 5.74) is 1.08. The number of phenols is 1. The number of nitrogens with one attached hydrogen (secondary N) is 1. The third-order valence-corrected chi connectivity index (χ3v) is 3.34. The number of benzene rings is 2. The van der Waals surface area contributed by atoms with Gasteiger partial charge in [0, 0.05) is 12.6 Å². The zero-order valence-electron chi connectivity index (χ0n) is 12.0. The summed E-state index contributed by atoms with van der Waals surface area (Å²) < 4.78 is 15.5. The first kappa shape index (κ1) is 14.1. The number of phenolic OH excluding ortho intramolecular Hbond substituents is 1. The highest BCUT2D eigenvalue weighted by Gasteiger charge is 2.15. The lowest BCUT2D eigenvalue weighted by molar-refractivity contribution is 0.0948. The molecule has 6 nitrogen and oxygen atoms in total. The predicted octanol–water partition coefficient (Wildman–Crippen LogP) is 2.06. The molecule has 0 atom stereocenters. The SMILES string of the molecule is COc1ccc(C(=O)NCc2ccc3c(c2)OCO3)c(O)c1. The summed E-state index contributed by atoms with van der Waals surface area (Å²) >= 11 is 0. The van der Waals surface area contributed by atoms with Gasteiger partial charge in [-0.25, -0.2) is 0 Å². The van der Waals surface area contributed by atoms with E-state index in [9.17, 15) is 9.90 Å². The van der Waals surface area contributed by atoms with Crippen LogP contribution in [0, 0.1) is 0 Å². The highest BCUT2D eigenvalue weighted by molar-refractivity contribution is 5.96. The number of carbonyl (C=O) groups excluding carboxylic acids is 1. The molecule has 0 radical (unpaired) electrons. The molecule has 1 aliphatic heterocycles. The topological polar surface area (TPSA) is 77.0 Å². The standard InChI is InChI=1S/C16H15NO5/c1-20-11-3-4-12(13(18)7-11)16(19)17-8-10-2-5-14-15(6-10)22-9-21-14/h2-7,18H,8-9H2,1H3,(H,17,19). The molecule has 3 rings (SSSR count). The molecule has 0 spiro atoms. The third kappa shape index (κ3) is 2.76. The first-order valence-electron chi connectivity index (χ1n) is 6.71. The molecule has 0 unspecified atom stereocenters. The summed E-state index contributed by atoms with van der Waals surface area (Å²) in [5, 5.41) is 12.6. The molecule has 2 N–H and O–H groups in total. The minimum absolute atomic E-state index is 0.123. The molecule has 1 aliphatic rings. The summed E-state index contributed by atoms with van der Waals surface area (Å²) in [6.07, 6.45) is 0. The summed E-state index contributed by atoms with van der Waals surface area (Å²) in [7, 11) is 1.49. The van der Waals surface area contributed by atoms with E-state index in [1.54, 1.807) is 12.1 Å². The zero-order chi connectivity index (χ0) is 15.5. The predicted molar refractivity (Wildman–Crippen MR) is 78.4 cm³/mol. The van der Waals surface area contributed by atoms with Gasteiger partial charge < -0.3 is 24.6 Å². The molecule has 0 fully saturated rings. The number of fused-ring (bicyclic) bond motifs is 1. The summed E-state index contributed by atoms with van der Waals surface area (Å²) in [5.74, 6) is 1.37. The van der Waals surface area contributed by atoms with Crippen molar-refractivity contribution in [2.75, 3.05) is 13.9 Å². The largest absolute Gasteiger partial charge is 0.507 e. The highest BCUT2D eigenvalue weighted by atomic mass is 16.7. The normalized spacial score (nSPS) is 12.0. The number of hydrogen-bond donors (Lipinski definition) is 2. The molecule has 114 valence electrons. The van der Waals surface area contributed by atoms with Crippen LogP contribution in [0.1, 0.15) is 15.9 Å². The van der Waals surface area contributed by atoms with Crippen molar-refractivity contribution < 1.29 is 24.1 Å². The van der Waals surface area contributed by atoms with Crippen LogP contribution in [0.2, 0.25) is 0 Å². The molecular weight excluding hydrogens is 286 g/mol. The van der Waals surface area contributed by atoms with E-state index in [1.165, 1.54) is 19.2 Å². The number of rotatable bonds is 4. The van der Waals surface area contributed by atoms with E-state index in [2.05, 4.69) is 5.32 Å². The lowest BCUT2D eigenvalue weighted by atomic mass is 10.1. The van der Waals surface area contributed by atoms with Crippen LogP contribution >= 0.6 is 0 Å². The molecule has 0 saturated heterocycles. The molecule has 0 bridgehead atoms. The Kier molecular flexibility index (Phi) is 3.74. The second kappa shape index (κ2) is 5.85. The Morgan fingerprint density at radius 1 is 1.23 bits per heavy atom. The Hall–Kier alpha value is -2.89. The Labute approximate surface area is 127 Å². The van der Waals surface area contributed by atoms with Crippen molar-refractivity contribution in [1.82, 2.24) is 5.32 Å². The van der Waals surface area contributed by atoms with Gasteiger partial charge in [-0.15, -0.1) is 0 Å². The summed E-state index contributed by atoms with van der Waals surface area (Å²) in [6.45, 7) is 0.534. The van der Waals surface area contributed by atoms with E-state index in [1.807, 2.05) is 12.1 Å². The minimum atomic E-state index is -0.363. The Morgan fingerprint density at radius 3 is 2.82 bits per heavy atom. The average Bonchev–Trinajstić information content (AvgIpc) is 3.00. The van der Waals surface area contributed by atoms with E-state index >= 15 is 0 Å². The first-order chi connectivity index (χ1) is 10.7. The minimum Gasteiger partial charge on any atom is -0.507 e. The molecule has 6 heteroatoms. The van der Waals surface area contributed by atoms with Gasteiger partial charge in [-0.2, -0.15) is 0 Å². The first-order valence-corrected chi connectivity index (χ1v) is 6.71. The van der Waals surface area contributed by atoms with E-state index < -0.39 is 0 Å². The fraction of sp³-hybridized carbons (Fsp3) is 0.188. The van der Waals surface area contributed by atoms with Crippen LogP contribution in [0.5, 0.6) is 23.0 Å². The number of ether oxygens (including phenoxy) is 3. The van der Waals surface area contributed by atoms with E-state index in [-0.39, 0.29) is 24.0 Å². The second-order valence-corrected chi connectivity index (χ2v) is 4.75. The van der Waals surface area contributed by atoms with Gasteiger partial charge in [0.15, 0.2) is 11.5 Å². The van der Waals surface area contributed by atoms with Crippen LogP contribution in [-0.2, 0) is 6.54 Å². The highest BCUT2D eigenvalue weighted by Crippen LogP contribution is 2.32. The van der Waals surface area contributed by atoms with Crippen molar-refractivity contribution in [3.63, 3.8) is 0 Å². The van der Waals surface area contributed by atoms with Crippen LogP contribution in [0.15, 0.2) is 36.4 Å². The van der Waals surface area contributed by atoms with Gasteiger partial charge in [-0.1, -0.05) is 6.07 Å². The van der Waals surface area contributed by atoms with Crippen molar-refractivity contribution in [2.24, 2.45) is 0 Å². The Bertz CT molecular complexity index is 714. The molecule has 2 aromatic carbocycles. The van der Waals surface area contributed by atoms with Crippen molar-refractivity contribution >= 4 is 5.91 Å². The van der Waals surface area contributed by atoms with Crippen LogP contribution in [-0.4, -0.2) is 24.9 Å². The van der Waals surface area contributed by atoms with E-state index in [0.29, 0.717) is 23.8 Å². The van der Waals surface area contributed by atoms with Gasteiger partial charge in [0.25, 0.3) is 5.91 Å². The lowest BCUT2D eigenvalue weighted by Gasteiger charge is -2.08. The molecule has 2 aromatic rings. The van der Waals surface area contributed by atoms with Gasteiger partial charge in [-0.05, 0) is 29.8 Å². The molecular formula is C16H15NO5. The maximum atomic E-state index is 12.1. The fourth-order valence-electron chi connectivity index (χ4n) is 2.16. The number of methoxy groups -OCH3 is 1. The molecule has 0 aromatic heterocycles. The van der Waals surface area contributed by atoms with Gasteiger partial charge in [-0.3, -0.25) is 4.79 Å². The number of aromatic hydroxyl groups is 1. The summed E-state index contributed by atoms with van der Waals surface area (Å²) in [4.78, 5) is 12.1. The van der Waals surface area contributed by atoms with Gasteiger partial charge >= 0.3 is 0 Å². The maximum Gasteiger partial charge on any atom is 0.255 e. The zero-order valence-corrected chi connectivity index (χ0v) is 12.0. The van der Waals surface area contributed by atoms with Crippen molar-refractivity contribution in [3.05, 3.63) is 47.5 Å². The third-order valence-electron chi connectivity index (χ3n) is 3.34. The molecule has 1 amide bonds. The van der Waals surface area contributed by atoms with E-state index in [4.69, 9.17) is 14.2 Å². The lowest BCUT2D eigenvalue weighted by Crippen LogP contribution is -2.22. The monoisotopic (exact) mass is 301 g/mol. The molecule has 0 saturated carbocycles. The Morgan fingerprint density at radius 2 is 2.05 bits per heavy atom. The number of amides is 1. The van der Waals surface area contributed by atoms with Gasteiger partial charge in [0.05, 0.1) is 12.7 Å². The molecule has 22 heavy (non-hydrogen) atoms. The average molecular weight is 301 g/mol. The van der Waals surface area contributed by atoms with E-state index in [0.717, 1.165) is 5.56 Å².